The molecule has 1 aliphatic heterocycles. The molecule has 1 aromatic heterocycles. The molecule has 138 valence electrons. The highest BCUT2D eigenvalue weighted by atomic mass is 16.5. The second-order valence-electron chi connectivity index (χ2n) is 8.89. The Morgan fingerprint density at radius 2 is 1.92 bits per heavy atom. The Labute approximate surface area is 152 Å². The second-order valence-corrected chi connectivity index (χ2v) is 8.89. The zero-order chi connectivity index (χ0) is 19.0. The van der Waals surface area contributed by atoms with Gasteiger partial charge in [-0.25, -0.2) is 4.79 Å². The lowest BCUT2D eigenvalue weighted by Gasteiger charge is -2.40. The fourth-order valence-corrected chi connectivity index (χ4v) is 3.36. The molecule has 2 rings (SSSR count). The molecule has 25 heavy (non-hydrogen) atoms. The minimum Gasteiger partial charge on any atom is -0.479 e. The Morgan fingerprint density at radius 1 is 1.36 bits per heavy atom. The first kappa shape index (κ1) is 19.8. The number of aryl methyl sites for hydroxylation is 1. The number of anilines is 1. The smallest absolute Gasteiger partial charge is 0.337 e. The third kappa shape index (κ3) is 4.75. The number of carboxylic acids is 1. The average Bonchev–Trinajstić information content (AvgIpc) is 2.47. The Balaban J connectivity index is 2.50. The summed E-state index contributed by atoms with van der Waals surface area (Å²) in [6, 6.07) is 0. The fourth-order valence-electron chi connectivity index (χ4n) is 3.36. The van der Waals surface area contributed by atoms with Crippen molar-refractivity contribution in [2.45, 2.75) is 66.1 Å². The van der Waals surface area contributed by atoms with E-state index in [1.165, 1.54) is 0 Å². The minimum atomic E-state index is -1.02. The maximum Gasteiger partial charge on any atom is 0.337 e. The van der Waals surface area contributed by atoms with Gasteiger partial charge >= 0.3 is 5.97 Å². The quantitative estimate of drug-likeness (QED) is 0.847. The van der Waals surface area contributed by atoms with E-state index in [-0.39, 0.29) is 0 Å². The molecule has 1 aliphatic rings. The first-order chi connectivity index (χ1) is 11.4. The van der Waals surface area contributed by atoms with E-state index in [0.717, 1.165) is 42.8 Å². The van der Waals surface area contributed by atoms with Crippen LogP contribution < -0.4 is 10.4 Å². The number of pyridine rings is 1. The molecule has 1 saturated heterocycles. The van der Waals surface area contributed by atoms with Crippen LogP contribution in [0.2, 0.25) is 0 Å². The molecule has 0 bridgehead atoms. The van der Waals surface area contributed by atoms with E-state index in [1.807, 2.05) is 41.7 Å². The number of carboxylic acid groups (broad SMARTS) is 1. The Kier molecular flexibility index (Phi) is 5.52. The maximum atomic E-state index is 12.0. The SMILES string of the molecule is Bc1cnc(C)c([C@H](OC(C)(C)C)C(=O)O)c1N1CCC(C)(C)CC1. The molecule has 0 radical (unpaired) electrons. The van der Waals surface area contributed by atoms with E-state index in [1.54, 1.807) is 0 Å². The van der Waals surface area contributed by atoms with Crippen LogP contribution in [0.25, 0.3) is 0 Å². The van der Waals surface area contributed by atoms with Gasteiger partial charge in [0.15, 0.2) is 6.10 Å². The van der Waals surface area contributed by atoms with Crippen LogP contribution in [0.5, 0.6) is 0 Å². The number of piperidine rings is 1. The maximum absolute atomic E-state index is 12.0. The van der Waals surface area contributed by atoms with Crippen molar-refractivity contribution >= 4 is 25.0 Å². The van der Waals surface area contributed by atoms with Gasteiger partial charge in [-0.05, 0) is 51.4 Å². The van der Waals surface area contributed by atoms with E-state index < -0.39 is 17.7 Å². The normalized spacial score (nSPS) is 18.9. The van der Waals surface area contributed by atoms with Gasteiger partial charge in [-0.15, -0.1) is 0 Å². The van der Waals surface area contributed by atoms with Crippen molar-refractivity contribution in [2.75, 3.05) is 18.0 Å². The van der Waals surface area contributed by atoms with Gasteiger partial charge in [-0.1, -0.05) is 13.8 Å². The van der Waals surface area contributed by atoms with Gasteiger partial charge < -0.3 is 14.7 Å². The molecule has 0 spiro atoms. The van der Waals surface area contributed by atoms with Crippen molar-refractivity contribution < 1.29 is 14.6 Å². The van der Waals surface area contributed by atoms with Gasteiger partial charge in [0.1, 0.15) is 7.85 Å². The number of nitrogens with zero attached hydrogens (tertiary/aromatic N) is 2. The summed E-state index contributed by atoms with van der Waals surface area (Å²) in [4.78, 5) is 18.7. The van der Waals surface area contributed by atoms with Crippen molar-refractivity contribution in [3.8, 4) is 0 Å². The number of hydrogen-bond acceptors (Lipinski definition) is 4. The lowest BCUT2D eigenvalue weighted by atomic mass is 9.81. The number of carbonyl (C=O) groups is 1. The summed E-state index contributed by atoms with van der Waals surface area (Å²) in [5.74, 6) is -0.969. The molecule has 0 aliphatic carbocycles. The third-order valence-electron chi connectivity index (χ3n) is 4.86. The first-order valence-electron chi connectivity index (χ1n) is 9.03. The molecule has 0 saturated carbocycles. The van der Waals surface area contributed by atoms with E-state index in [9.17, 15) is 9.90 Å². The molecule has 0 amide bonds. The molecule has 1 aromatic rings. The van der Waals surface area contributed by atoms with Gasteiger partial charge in [0, 0.05) is 36.2 Å². The van der Waals surface area contributed by atoms with E-state index in [2.05, 4.69) is 23.7 Å². The first-order valence-corrected chi connectivity index (χ1v) is 9.03. The standard InChI is InChI=1S/C19H31BN2O3/c1-12-14(16(17(23)24)25-18(2,3)4)15(13(20)11-21-12)22-9-7-19(5,6)8-10-22/h11,16H,7-10,20H2,1-6H3,(H,23,24)/t16-/m0/s1. The van der Waals surface area contributed by atoms with Crippen LogP contribution in [0.4, 0.5) is 5.69 Å². The topological polar surface area (TPSA) is 62.7 Å². The monoisotopic (exact) mass is 346 g/mol. The summed E-state index contributed by atoms with van der Waals surface area (Å²) < 4.78 is 5.93. The van der Waals surface area contributed by atoms with E-state index >= 15 is 0 Å². The predicted molar refractivity (Wildman–Crippen MR) is 104 cm³/mol. The minimum absolute atomic E-state index is 0.334. The fraction of sp³-hybridized carbons (Fsp3) is 0.684. The van der Waals surface area contributed by atoms with Crippen molar-refractivity contribution in [3.63, 3.8) is 0 Å². The lowest BCUT2D eigenvalue weighted by molar-refractivity contribution is -0.160. The van der Waals surface area contributed by atoms with Crippen molar-refractivity contribution in [2.24, 2.45) is 5.41 Å². The number of aliphatic carboxylic acids is 1. The van der Waals surface area contributed by atoms with Crippen molar-refractivity contribution in [1.29, 1.82) is 0 Å². The summed E-state index contributed by atoms with van der Waals surface area (Å²) in [5.41, 5.74) is 3.19. The van der Waals surface area contributed by atoms with Crippen LogP contribution in [0.1, 0.15) is 64.8 Å². The lowest BCUT2D eigenvalue weighted by Crippen LogP contribution is -2.41. The number of aromatic nitrogens is 1. The highest BCUT2D eigenvalue weighted by molar-refractivity contribution is 6.36. The van der Waals surface area contributed by atoms with Gasteiger partial charge in [-0.2, -0.15) is 0 Å². The summed E-state index contributed by atoms with van der Waals surface area (Å²) in [6.45, 7) is 13.9. The number of ether oxygens (including phenoxy) is 1. The zero-order valence-electron chi connectivity index (χ0n) is 16.6. The molecule has 0 unspecified atom stereocenters. The predicted octanol–water partition coefficient (Wildman–Crippen LogP) is 2.22. The van der Waals surface area contributed by atoms with Gasteiger partial charge in [0.25, 0.3) is 0 Å². The largest absolute Gasteiger partial charge is 0.479 e. The van der Waals surface area contributed by atoms with Crippen LogP contribution in [-0.4, -0.2) is 42.6 Å². The van der Waals surface area contributed by atoms with Gasteiger partial charge in [-0.3, -0.25) is 4.98 Å². The summed E-state index contributed by atoms with van der Waals surface area (Å²) in [7, 11) is 2.00. The molecule has 6 heteroatoms. The van der Waals surface area contributed by atoms with Crippen molar-refractivity contribution in [1.82, 2.24) is 4.98 Å². The molecule has 5 nitrogen and oxygen atoms in total. The number of rotatable bonds is 4. The Bertz CT molecular complexity index is 643. The van der Waals surface area contributed by atoms with Crippen LogP contribution in [-0.2, 0) is 9.53 Å². The average molecular weight is 346 g/mol. The Hall–Kier alpha value is -1.56. The molecular weight excluding hydrogens is 315 g/mol. The second kappa shape index (κ2) is 6.98. The molecule has 1 fully saturated rings. The van der Waals surface area contributed by atoms with Crippen LogP contribution in [0.15, 0.2) is 6.20 Å². The number of hydrogen-bond donors (Lipinski definition) is 1. The zero-order valence-corrected chi connectivity index (χ0v) is 16.6. The molecular formula is C19H31BN2O3. The van der Waals surface area contributed by atoms with Crippen LogP contribution in [0, 0.1) is 12.3 Å². The summed E-state index contributed by atoms with van der Waals surface area (Å²) >= 11 is 0. The highest BCUT2D eigenvalue weighted by Gasteiger charge is 2.34. The van der Waals surface area contributed by atoms with Crippen LogP contribution >= 0.6 is 0 Å². The molecule has 1 N–H and O–H groups in total. The van der Waals surface area contributed by atoms with E-state index in [0.29, 0.717) is 11.0 Å². The molecule has 1 atom stereocenters. The molecule has 0 aromatic carbocycles. The summed E-state index contributed by atoms with van der Waals surface area (Å²) in [5, 5.41) is 9.84. The van der Waals surface area contributed by atoms with E-state index in [4.69, 9.17) is 4.74 Å². The van der Waals surface area contributed by atoms with Crippen molar-refractivity contribution in [3.05, 3.63) is 17.5 Å². The summed E-state index contributed by atoms with van der Waals surface area (Å²) in [6.07, 6.45) is 3.00. The highest BCUT2D eigenvalue weighted by Crippen LogP contribution is 2.37. The van der Waals surface area contributed by atoms with Crippen LogP contribution in [0.3, 0.4) is 0 Å². The molecule has 2 heterocycles. The Morgan fingerprint density at radius 3 is 2.40 bits per heavy atom. The van der Waals surface area contributed by atoms with Gasteiger partial charge in [0.2, 0.25) is 0 Å². The van der Waals surface area contributed by atoms with Gasteiger partial charge in [0.05, 0.1) is 5.60 Å². The third-order valence-corrected chi connectivity index (χ3v) is 4.86.